The van der Waals surface area contributed by atoms with Gasteiger partial charge in [0.15, 0.2) is 9.84 Å². The summed E-state index contributed by atoms with van der Waals surface area (Å²) in [5.74, 6) is -0.0749. The quantitative estimate of drug-likeness (QED) is 0.836. The molecule has 0 radical (unpaired) electrons. The number of hydrogen-bond acceptors (Lipinski definition) is 4. The first-order valence-corrected chi connectivity index (χ1v) is 9.30. The smallest absolute Gasteiger partial charge is 0.229 e. The molecule has 0 saturated carbocycles. The van der Waals surface area contributed by atoms with E-state index in [0.29, 0.717) is 11.4 Å². The summed E-state index contributed by atoms with van der Waals surface area (Å²) in [4.78, 5) is 0.115. The summed E-state index contributed by atoms with van der Waals surface area (Å²) >= 11 is 5.72. The molecule has 1 aromatic rings. The Labute approximate surface area is 118 Å². The summed E-state index contributed by atoms with van der Waals surface area (Å²) in [5.41, 5.74) is 0. The fourth-order valence-corrected chi connectivity index (χ4v) is 5.41. The standard InChI is InChI=1S/C11H14ClNO4S2/c1-13(10-6-7-18(14,15)8-10)19(16,17)11-4-2-9(12)3-5-11/h2-5,10H,6-8H2,1H3/t10-/m1/s1. The van der Waals surface area contributed by atoms with Crippen LogP contribution in [0.3, 0.4) is 0 Å². The molecular weight excluding hydrogens is 310 g/mol. The lowest BCUT2D eigenvalue weighted by Crippen LogP contribution is -2.37. The number of sulfone groups is 1. The van der Waals surface area contributed by atoms with E-state index in [1.807, 2.05) is 0 Å². The van der Waals surface area contributed by atoms with Crippen molar-refractivity contribution in [3.8, 4) is 0 Å². The molecule has 0 spiro atoms. The highest BCUT2D eigenvalue weighted by Gasteiger charge is 2.36. The van der Waals surface area contributed by atoms with Crippen molar-refractivity contribution in [2.24, 2.45) is 0 Å². The number of sulfonamides is 1. The van der Waals surface area contributed by atoms with Gasteiger partial charge in [0.1, 0.15) is 0 Å². The highest BCUT2D eigenvalue weighted by molar-refractivity contribution is 7.92. The molecule has 0 unspecified atom stereocenters. The zero-order chi connectivity index (χ0) is 14.3. The summed E-state index contributed by atoms with van der Waals surface area (Å²) in [6.45, 7) is 0. The van der Waals surface area contributed by atoms with E-state index in [0.717, 1.165) is 4.31 Å². The second-order valence-electron chi connectivity index (χ2n) is 4.53. The van der Waals surface area contributed by atoms with Crippen molar-refractivity contribution in [1.82, 2.24) is 4.31 Å². The van der Waals surface area contributed by atoms with Crippen molar-refractivity contribution >= 4 is 31.5 Å². The van der Waals surface area contributed by atoms with E-state index in [1.165, 1.54) is 31.3 Å². The third kappa shape index (κ3) is 3.10. The summed E-state index contributed by atoms with van der Waals surface area (Å²) in [7, 11) is -5.38. The first-order valence-electron chi connectivity index (χ1n) is 5.66. The third-order valence-electron chi connectivity index (χ3n) is 3.21. The monoisotopic (exact) mass is 323 g/mol. The maximum Gasteiger partial charge on any atom is 0.243 e. The molecule has 1 aromatic carbocycles. The van der Waals surface area contributed by atoms with Gasteiger partial charge in [0.25, 0.3) is 0 Å². The van der Waals surface area contributed by atoms with Crippen LogP contribution in [0.4, 0.5) is 0 Å². The van der Waals surface area contributed by atoms with Gasteiger partial charge in [0, 0.05) is 18.1 Å². The average molecular weight is 324 g/mol. The van der Waals surface area contributed by atoms with Gasteiger partial charge >= 0.3 is 0 Å². The normalized spacial score (nSPS) is 22.8. The van der Waals surface area contributed by atoms with Gasteiger partial charge in [-0.2, -0.15) is 4.31 Å². The van der Waals surface area contributed by atoms with Crippen molar-refractivity contribution in [1.29, 1.82) is 0 Å². The molecule has 8 heteroatoms. The second kappa shape index (κ2) is 5.05. The Kier molecular flexibility index (Phi) is 3.92. The van der Waals surface area contributed by atoms with Crippen LogP contribution in [-0.2, 0) is 19.9 Å². The predicted molar refractivity (Wildman–Crippen MR) is 73.5 cm³/mol. The first-order chi connectivity index (χ1) is 8.72. The van der Waals surface area contributed by atoms with Crippen molar-refractivity contribution < 1.29 is 16.8 Å². The van der Waals surface area contributed by atoms with E-state index < -0.39 is 25.9 Å². The molecule has 106 valence electrons. The number of hydrogen-bond donors (Lipinski definition) is 0. The van der Waals surface area contributed by atoms with Crippen molar-refractivity contribution in [3.63, 3.8) is 0 Å². The molecule has 2 rings (SSSR count). The first kappa shape index (κ1) is 14.8. The van der Waals surface area contributed by atoms with Gasteiger partial charge < -0.3 is 0 Å². The molecule has 1 atom stereocenters. The number of rotatable bonds is 3. The topological polar surface area (TPSA) is 71.5 Å². The molecule has 0 aliphatic carbocycles. The molecule has 0 amide bonds. The van der Waals surface area contributed by atoms with Gasteiger partial charge in [-0.1, -0.05) is 11.6 Å². The van der Waals surface area contributed by atoms with Gasteiger partial charge in [-0.15, -0.1) is 0 Å². The van der Waals surface area contributed by atoms with Gasteiger partial charge in [-0.25, -0.2) is 16.8 Å². The minimum atomic E-state index is -3.68. The van der Waals surface area contributed by atoms with Gasteiger partial charge in [0.2, 0.25) is 10.0 Å². The summed E-state index contributed by atoms with van der Waals surface area (Å²) in [6, 6.07) is 5.32. The minimum Gasteiger partial charge on any atom is -0.229 e. The SMILES string of the molecule is CN([C@@H]1CCS(=O)(=O)C1)S(=O)(=O)c1ccc(Cl)cc1. The molecular formula is C11H14ClNO4S2. The molecule has 5 nitrogen and oxygen atoms in total. The van der Waals surface area contributed by atoms with E-state index in [4.69, 9.17) is 11.6 Å². The van der Waals surface area contributed by atoms with E-state index in [9.17, 15) is 16.8 Å². The summed E-state index contributed by atoms with van der Waals surface area (Å²) < 4.78 is 48.6. The molecule has 1 saturated heterocycles. The average Bonchev–Trinajstić information content (AvgIpc) is 2.69. The van der Waals surface area contributed by atoms with Crippen molar-refractivity contribution in [3.05, 3.63) is 29.3 Å². The lowest BCUT2D eigenvalue weighted by atomic mass is 10.3. The fourth-order valence-electron chi connectivity index (χ4n) is 2.03. The lowest BCUT2D eigenvalue weighted by molar-refractivity contribution is 0.394. The molecule has 19 heavy (non-hydrogen) atoms. The Bertz CT molecular complexity index is 667. The highest BCUT2D eigenvalue weighted by Crippen LogP contribution is 2.24. The van der Waals surface area contributed by atoms with Crippen LogP contribution in [0.25, 0.3) is 0 Å². The third-order valence-corrected chi connectivity index (χ3v) is 7.14. The van der Waals surface area contributed by atoms with Gasteiger partial charge in [-0.3, -0.25) is 0 Å². The van der Waals surface area contributed by atoms with Crippen LogP contribution in [0.1, 0.15) is 6.42 Å². The van der Waals surface area contributed by atoms with Crippen LogP contribution in [-0.4, -0.2) is 45.7 Å². The molecule has 0 N–H and O–H groups in total. The Morgan fingerprint density at radius 1 is 1.26 bits per heavy atom. The highest BCUT2D eigenvalue weighted by atomic mass is 35.5. The summed E-state index contributed by atoms with van der Waals surface area (Å²) in [5, 5.41) is 0.449. The van der Waals surface area contributed by atoms with Gasteiger partial charge in [0.05, 0.1) is 16.4 Å². The molecule has 0 aromatic heterocycles. The van der Waals surface area contributed by atoms with E-state index in [1.54, 1.807) is 0 Å². The zero-order valence-electron chi connectivity index (χ0n) is 10.3. The zero-order valence-corrected chi connectivity index (χ0v) is 12.7. The fraction of sp³-hybridized carbons (Fsp3) is 0.455. The molecule has 1 aliphatic heterocycles. The van der Waals surface area contributed by atoms with Crippen LogP contribution in [0.5, 0.6) is 0 Å². The van der Waals surface area contributed by atoms with Crippen LogP contribution in [0.2, 0.25) is 5.02 Å². The minimum absolute atomic E-state index is 0.0398. The Balaban J connectivity index is 2.27. The molecule has 0 bridgehead atoms. The maximum absolute atomic E-state index is 12.3. The number of benzene rings is 1. The van der Waals surface area contributed by atoms with Crippen LogP contribution < -0.4 is 0 Å². The predicted octanol–water partition coefficient (Wildman–Crippen LogP) is 1.15. The van der Waals surface area contributed by atoms with Crippen molar-refractivity contribution in [2.45, 2.75) is 17.4 Å². The van der Waals surface area contributed by atoms with E-state index in [-0.39, 0.29) is 16.4 Å². The maximum atomic E-state index is 12.3. The van der Waals surface area contributed by atoms with Crippen LogP contribution >= 0.6 is 11.6 Å². The Morgan fingerprint density at radius 3 is 2.32 bits per heavy atom. The molecule has 1 heterocycles. The van der Waals surface area contributed by atoms with E-state index >= 15 is 0 Å². The Hall–Kier alpha value is -0.630. The lowest BCUT2D eigenvalue weighted by Gasteiger charge is -2.22. The van der Waals surface area contributed by atoms with Crippen LogP contribution in [0, 0.1) is 0 Å². The second-order valence-corrected chi connectivity index (χ2v) is 9.19. The van der Waals surface area contributed by atoms with Crippen molar-refractivity contribution in [2.75, 3.05) is 18.6 Å². The van der Waals surface area contributed by atoms with Crippen LogP contribution in [0.15, 0.2) is 29.2 Å². The largest absolute Gasteiger partial charge is 0.243 e. The molecule has 1 aliphatic rings. The van der Waals surface area contributed by atoms with Gasteiger partial charge in [-0.05, 0) is 30.7 Å². The summed E-state index contributed by atoms with van der Waals surface area (Å²) in [6.07, 6.45) is 0.339. The number of halogens is 1. The molecule has 1 fully saturated rings. The number of nitrogens with zero attached hydrogens (tertiary/aromatic N) is 1. The Morgan fingerprint density at radius 2 is 1.84 bits per heavy atom. The van der Waals surface area contributed by atoms with E-state index in [2.05, 4.69) is 0 Å².